The van der Waals surface area contributed by atoms with Crippen molar-refractivity contribution in [1.29, 1.82) is 0 Å². The van der Waals surface area contributed by atoms with Gasteiger partial charge in [0.25, 0.3) is 0 Å². The van der Waals surface area contributed by atoms with E-state index in [0.717, 1.165) is 11.0 Å². The third kappa shape index (κ3) is 2.11. The molecule has 1 N–H and O–H groups in total. The molecule has 2 heteroatoms. The second kappa shape index (κ2) is 4.91. The predicted molar refractivity (Wildman–Crippen MR) is 87.0 cm³/mol. The lowest BCUT2D eigenvalue weighted by Crippen LogP contribution is -1.84. The lowest BCUT2D eigenvalue weighted by molar-refractivity contribution is 1.33. The van der Waals surface area contributed by atoms with E-state index in [4.69, 9.17) is 0 Å². The zero-order chi connectivity index (χ0) is 14.1. The summed E-state index contributed by atoms with van der Waals surface area (Å²) in [5.74, 6) is 0. The van der Waals surface area contributed by atoms with Gasteiger partial charge in [-0.25, -0.2) is 4.98 Å². The number of pyridine rings is 1. The third-order valence-corrected chi connectivity index (χ3v) is 3.74. The van der Waals surface area contributed by atoms with Crippen LogP contribution in [-0.4, -0.2) is 9.97 Å². The van der Waals surface area contributed by atoms with Crippen LogP contribution in [0.15, 0.2) is 79.1 Å². The van der Waals surface area contributed by atoms with Crippen LogP contribution in [0.1, 0.15) is 0 Å². The van der Waals surface area contributed by atoms with Crippen molar-refractivity contribution in [3.8, 4) is 22.3 Å². The average Bonchev–Trinajstić information content (AvgIpc) is 3.04. The van der Waals surface area contributed by atoms with Gasteiger partial charge in [0.05, 0.1) is 0 Å². The summed E-state index contributed by atoms with van der Waals surface area (Å²) in [6.07, 6.45) is 3.78. The minimum atomic E-state index is 0.928. The maximum Gasteiger partial charge on any atom is 0.137 e. The van der Waals surface area contributed by atoms with Crippen molar-refractivity contribution >= 4 is 11.0 Å². The van der Waals surface area contributed by atoms with Gasteiger partial charge in [-0.3, -0.25) is 0 Å². The Hall–Kier alpha value is -2.87. The van der Waals surface area contributed by atoms with Crippen LogP contribution in [0.3, 0.4) is 0 Å². The molecule has 0 spiro atoms. The van der Waals surface area contributed by atoms with Crippen molar-refractivity contribution in [3.63, 3.8) is 0 Å². The fourth-order valence-corrected chi connectivity index (χ4v) is 2.71. The number of aromatic nitrogens is 2. The molecular weight excluding hydrogens is 256 g/mol. The Kier molecular flexibility index (Phi) is 2.79. The number of rotatable bonds is 2. The SMILES string of the molecule is c1ccc(-c2cccc(-c3ccnc4[nH]ccc34)c2)cc1. The minimum absolute atomic E-state index is 0.928. The summed E-state index contributed by atoms with van der Waals surface area (Å²) in [5.41, 5.74) is 5.81. The molecule has 0 atom stereocenters. The van der Waals surface area contributed by atoms with Gasteiger partial charge in [-0.05, 0) is 40.5 Å². The van der Waals surface area contributed by atoms with Crippen molar-refractivity contribution < 1.29 is 0 Å². The molecule has 0 amide bonds. The number of benzene rings is 2. The van der Waals surface area contributed by atoms with E-state index in [-0.39, 0.29) is 0 Å². The van der Waals surface area contributed by atoms with Crippen molar-refractivity contribution in [2.24, 2.45) is 0 Å². The first-order valence-electron chi connectivity index (χ1n) is 7.00. The van der Waals surface area contributed by atoms with Gasteiger partial charge in [0.15, 0.2) is 0 Å². The van der Waals surface area contributed by atoms with E-state index in [1.165, 1.54) is 22.3 Å². The Morgan fingerprint density at radius 1 is 0.714 bits per heavy atom. The number of nitrogens with zero attached hydrogens (tertiary/aromatic N) is 1. The monoisotopic (exact) mass is 270 g/mol. The number of fused-ring (bicyclic) bond motifs is 1. The van der Waals surface area contributed by atoms with Crippen LogP contribution in [0.25, 0.3) is 33.3 Å². The fraction of sp³-hybridized carbons (Fsp3) is 0. The summed E-state index contributed by atoms with van der Waals surface area (Å²) in [7, 11) is 0. The van der Waals surface area contributed by atoms with E-state index >= 15 is 0 Å². The number of hydrogen-bond acceptors (Lipinski definition) is 1. The van der Waals surface area contributed by atoms with E-state index in [0.29, 0.717) is 0 Å². The second-order valence-electron chi connectivity index (χ2n) is 5.05. The molecule has 0 radical (unpaired) electrons. The zero-order valence-corrected chi connectivity index (χ0v) is 11.5. The number of H-pyrrole nitrogens is 1. The molecule has 0 bridgehead atoms. The highest BCUT2D eigenvalue weighted by Gasteiger charge is 2.06. The van der Waals surface area contributed by atoms with E-state index in [9.17, 15) is 0 Å². The Morgan fingerprint density at radius 2 is 1.52 bits per heavy atom. The summed E-state index contributed by atoms with van der Waals surface area (Å²) in [5, 5.41) is 1.16. The highest BCUT2D eigenvalue weighted by atomic mass is 14.8. The summed E-state index contributed by atoms with van der Waals surface area (Å²) >= 11 is 0. The fourth-order valence-electron chi connectivity index (χ4n) is 2.71. The Morgan fingerprint density at radius 3 is 2.43 bits per heavy atom. The first kappa shape index (κ1) is 11.9. The normalized spacial score (nSPS) is 10.9. The molecule has 4 aromatic rings. The molecule has 2 aromatic carbocycles. The Balaban J connectivity index is 1.88. The quantitative estimate of drug-likeness (QED) is 0.551. The van der Waals surface area contributed by atoms with Gasteiger partial charge >= 0.3 is 0 Å². The van der Waals surface area contributed by atoms with Crippen LogP contribution < -0.4 is 0 Å². The molecule has 0 aliphatic heterocycles. The van der Waals surface area contributed by atoms with Gasteiger partial charge in [0.1, 0.15) is 5.65 Å². The molecule has 0 unspecified atom stereocenters. The molecule has 100 valence electrons. The largest absolute Gasteiger partial charge is 0.346 e. The predicted octanol–water partition coefficient (Wildman–Crippen LogP) is 4.90. The number of nitrogens with one attached hydrogen (secondary N) is 1. The Labute approximate surface area is 123 Å². The van der Waals surface area contributed by atoms with Gasteiger partial charge in [-0.1, -0.05) is 48.5 Å². The lowest BCUT2D eigenvalue weighted by Gasteiger charge is -2.07. The summed E-state index contributed by atoms with van der Waals surface area (Å²) < 4.78 is 0. The standard InChI is InChI=1S/C19H14N2/c1-2-5-14(6-3-1)15-7-4-8-16(13-15)17-9-11-20-19-18(17)10-12-21-19/h1-13H,(H,20,21). The van der Waals surface area contributed by atoms with Crippen LogP contribution in [0.2, 0.25) is 0 Å². The average molecular weight is 270 g/mol. The molecule has 4 rings (SSSR count). The smallest absolute Gasteiger partial charge is 0.137 e. The van der Waals surface area contributed by atoms with E-state index in [1.54, 1.807) is 0 Å². The minimum Gasteiger partial charge on any atom is -0.346 e. The van der Waals surface area contributed by atoms with Crippen LogP contribution >= 0.6 is 0 Å². The maximum atomic E-state index is 4.35. The van der Waals surface area contributed by atoms with E-state index < -0.39 is 0 Å². The lowest BCUT2D eigenvalue weighted by atomic mass is 9.98. The molecule has 21 heavy (non-hydrogen) atoms. The van der Waals surface area contributed by atoms with Gasteiger partial charge in [-0.15, -0.1) is 0 Å². The highest BCUT2D eigenvalue weighted by Crippen LogP contribution is 2.30. The van der Waals surface area contributed by atoms with Crippen molar-refractivity contribution in [3.05, 3.63) is 79.1 Å². The second-order valence-corrected chi connectivity index (χ2v) is 5.05. The van der Waals surface area contributed by atoms with Crippen LogP contribution in [0, 0.1) is 0 Å². The maximum absolute atomic E-state index is 4.35. The van der Waals surface area contributed by atoms with E-state index in [1.807, 2.05) is 18.5 Å². The highest BCUT2D eigenvalue weighted by molar-refractivity contribution is 5.93. The van der Waals surface area contributed by atoms with Gasteiger partial charge in [-0.2, -0.15) is 0 Å². The molecule has 0 saturated heterocycles. The molecule has 0 saturated carbocycles. The molecule has 2 aromatic heterocycles. The first-order chi connectivity index (χ1) is 10.4. The summed E-state index contributed by atoms with van der Waals surface area (Å²) in [4.78, 5) is 7.52. The van der Waals surface area contributed by atoms with E-state index in [2.05, 4.69) is 70.6 Å². The van der Waals surface area contributed by atoms with Crippen molar-refractivity contribution in [2.75, 3.05) is 0 Å². The zero-order valence-electron chi connectivity index (χ0n) is 11.5. The number of aromatic amines is 1. The van der Waals surface area contributed by atoms with Crippen molar-refractivity contribution in [2.45, 2.75) is 0 Å². The number of hydrogen-bond donors (Lipinski definition) is 1. The first-order valence-corrected chi connectivity index (χ1v) is 7.00. The molecular formula is C19H14N2. The van der Waals surface area contributed by atoms with Crippen LogP contribution in [0.5, 0.6) is 0 Å². The van der Waals surface area contributed by atoms with Crippen LogP contribution in [0.4, 0.5) is 0 Å². The Bertz CT molecular complexity index is 892. The summed E-state index contributed by atoms with van der Waals surface area (Å²) in [6, 6.07) is 23.2. The summed E-state index contributed by atoms with van der Waals surface area (Å²) in [6.45, 7) is 0. The third-order valence-electron chi connectivity index (χ3n) is 3.74. The molecule has 0 aliphatic carbocycles. The molecule has 0 fully saturated rings. The van der Waals surface area contributed by atoms with Gasteiger partial charge in [0, 0.05) is 17.8 Å². The molecule has 2 nitrogen and oxygen atoms in total. The van der Waals surface area contributed by atoms with Gasteiger partial charge in [0.2, 0.25) is 0 Å². The van der Waals surface area contributed by atoms with Crippen LogP contribution in [-0.2, 0) is 0 Å². The van der Waals surface area contributed by atoms with Gasteiger partial charge < -0.3 is 4.98 Å². The van der Waals surface area contributed by atoms with Crippen molar-refractivity contribution in [1.82, 2.24) is 9.97 Å². The topological polar surface area (TPSA) is 28.7 Å². The molecule has 2 heterocycles. The molecule has 0 aliphatic rings.